The Morgan fingerprint density at radius 2 is 1.57 bits per heavy atom. The Labute approximate surface area is 132 Å². The van der Waals surface area contributed by atoms with Gasteiger partial charge in [0.25, 0.3) is 5.91 Å². The zero-order chi connectivity index (χ0) is 16.7. The molecule has 2 nitrogen and oxygen atoms in total. The zero-order valence-corrected chi connectivity index (χ0v) is 12.5. The summed E-state index contributed by atoms with van der Waals surface area (Å²) in [5, 5.41) is 0. The van der Waals surface area contributed by atoms with Crippen molar-refractivity contribution in [3.63, 3.8) is 0 Å². The van der Waals surface area contributed by atoms with E-state index in [0.717, 1.165) is 5.56 Å². The third-order valence-corrected chi connectivity index (χ3v) is 4.24. The molecule has 0 radical (unpaired) electrons. The predicted octanol–water partition coefficient (Wildman–Crippen LogP) is 4.59. The van der Waals surface area contributed by atoms with Crippen molar-refractivity contribution in [2.45, 2.75) is 31.1 Å². The first-order chi connectivity index (χ1) is 10.8. The van der Waals surface area contributed by atoms with Crippen LogP contribution in [0.1, 0.15) is 35.3 Å². The standard InChI is InChI=1S/C18H16F3NO/c1-17(12-18(19,20)21)15(13-8-4-2-5-9-13)22(17)16(23)14-10-6-3-7-11-14/h2-11,15H,12H2,1H3/t15-,17-,22?/m0/s1. The lowest BCUT2D eigenvalue weighted by Gasteiger charge is -2.14. The molecule has 120 valence electrons. The van der Waals surface area contributed by atoms with Crippen LogP contribution in [0.25, 0.3) is 0 Å². The van der Waals surface area contributed by atoms with E-state index in [-0.39, 0.29) is 5.91 Å². The highest BCUT2D eigenvalue weighted by atomic mass is 19.4. The molecule has 0 aliphatic carbocycles. The first kappa shape index (κ1) is 15.6. The van der Waals surface area contributed by atoms with E-state index >= 15 is 0 Å². The normalized spacial score (nSPS) is 23.7. The Kier molecular flexibility index (Phi) is 3.66. The molecule has 2 atom stereocenters. The largest absolute Gasteiger partial charge is 0.391 e. The maximum Gasteiger partial charge on any atom is 0.391 e. The molecule has 1 saturated heterocycles. The third-order valence-electron chi connectivity index (χ3n) is 4.24. The number of hydrogen-bond donors (Lipinski definition) is 0. The molecule has 3 rings (SSSR count). The number of rotatable bonds is 3. The van der Waals surface area contributed by atoms with E-state index in [2.05, 4.69) is 0 Å². The van der Waals surface area contributed by atoms with Gasteiger partial charge in [-0.15, -0.1) is 0 Å². The molecule has 23 heavy (non-hydrogen) atoms. The van der Waals surface area contributed by atoms with E-state index in [4.69, 9.17) is 0 Å². The quantitative estimate of drug-likeness (QED) is 0.757. The first-order valence-electron chi connectivity index (χ1n) is 7.33. The molecular weight excluding hydrogens is 303 g/mol. The number of nitrogens with zero attached hydrogens (tertiary/aromatic N) is 1. The second kappa shape index (κ2) is 5.41. The van der Waals surface area contributed by atoms with Crippen LogP contribution in [0.3, 0.4) is 0 Å². The van der Waals surface area contributed by atoms with E-state index in [1.54, 1.807) is 60.7 Å². The topological polar surface area (TPSA) is 20.1 Å². The summed E-state index contributed by atoms with van der Waals surface area (Å²) >= 11 is 0. The zero-order valence-electron chi connectivity index (χ0n) is 12.5. The van der Waals surface area contributed by atoms with Crippen molar-refractivity contribution >= 4 is 5.91 Å². The molecule has 2 aromatic rings. The van der Waals surface area contributed by atoms with Crippen LogP contribution in [0.2, 0.25) is 0 Å². The molecular formula is C18H16F3NO. The Morgan fingerprint density at radius 1 is 1.04 bits per heavy atom. The Hall–Kier alpha value is -2.30. The number of halogens is 3. The second-order valence-corrected chi connectivity index (χ2v) is 6.00. The summed E-state index contributed by atoms with van der Waals surface area (Å²) in [6.45, 7) is 1.50. The van der Waals surface area contributed by atoms with Crippen LogP contribution in [0.4, 0.5) is 13.2 Å². The minimum Gasteiger partial charge on any atom is -0.321 e. The van der Waals surface area contributed by atoms with Crippen LogP contribution in [0.15, 0.2) is 60.7 Å². The molecule has 0 aromatic heterocycles. The molecule has 0 bridgehead atoms. The van der Waals surface area contributed by atoms with Crippen molar-refractivity contribution < 1.29 is 18.0 Å². The molecule has 0 spiro atoms. The molecule has 0 unspecified atom stereocenters. The summed E-state index contributed by atoms with van der Waals surface area (Å²) in [4.78, 5) is 14.0. The number of benzene rings is 2. The lowest BCUT2D eigenvalue weighted by molar-refractivity contribution is -0.141. The minimum atomic E-state index is -4.33. The number of hydrogen-bond acceptors (Lipinski definition) is 1. The van der Waals surface area contributed by atoms with Crippen molar-refractivity contribution in [3.8, 4) is 0 Å². The van der Waals surface area contributed by atoms with Gasteiger partial charge in [0, 0.05) is 5.56 Å². The fourth-order valence-corrected chi connectivity index (χ4v) is 3.23. The van der Waals surface area contributed by atoms with Gasteiger partial charge in [-0.2, -0.15) is 13.2 Å². The average molecular weight is 319 g/mol. The van der Waals surface area contributed by atoms with Gasteiger partial charge in [-0.25, -0.2) is 0 Å². The van der Waals surface area contributed by atoms with Crippen LogP contribution < -0.4 is 0 Å². The van der Waals surface area contributed by atoms with Crippen LogP contribution in [0, 0.1) is 0 Å². The van der Waals surface area contributed by atoms with E-state index in [0.29, 0.717) is 5.56 Å². The fraction of sp³-hybridized carbons (Fsp3) is 0.278. The maximum absolute atomic E-state index is 13.0. The highest BCUT2D eigenvalue weighted by Gasteiger charge is 2.65. The molecule has 1 heterocycles. The van der Waals surface area contributed by atoms with Gasteiger partial charge in [-0.05, 0) is 24.6 Å². The van der Waals surface area contributed by atoms with Gasteiger partial charge >= 0.3 is 6.18 Å². The van der Waals surface area contributed by atoms with Gasteiger partial charge in [0.15, 0.2) is 0 Å². The minimum absolute atomic E-state index is 0.369. The van der Waals surface area contributed by atoms with Gasteiger partial charge in [-0.3, -0.25) is 4.79 Å². The molecule has 2 aromatic carbocycles. The van der Waals surface area contributed by atoms with E-state index in [1.807, 2.05) is 0 Å². The summed E-state index contributed by atoms with van der Waals surface area (Å²) in [5.41, 5.74) is -0.116. The third kappa shape index (κ3) is 2.96. The number of alkyl halides is 3. The van der Waals surface area contributed by atoms with E-state index in [9.17, 15) is 18.0 Å². The fourth-order valence-electron chi connectivity index (χ4n) is 3.23. The van der Waals surface area contributed by atoms with Gasteiger partial charge in [0.2, 0.25) is 0 Å². The summed E-state index contributed by atoms with van der Waals surface area (Å²) in [7, 11) is 0. The summed E-state index contributed by atoms with van der Waals surface area (Å²) in [6, 6.07) is 16.7. The SMILES string of the molecule is C[C@]1(CC(F)(F)F)[C@H](c2ccccc2)N1C(=O)c1ccccc1. The van der Waals surface area contributed by atoms with Crippen molar-refractivity contribution in [2.75, 3.05) is 0 Å². The molecule has 5 heteroatoms. The predicted molar refractivity (Wildman–Crippen MR) is 80.9 cm³/mol. The van der Waals surface area contributed by atoms with Crippen molar-refractivity contribution in [1.82, 2.24) is 4.90 Å². The second-order valence-electron chi connectivity index (χ2n) is 6.00. The molecule has 1 fully saturated rings. The van der Waals surface area contributed by atoms with Crippen molar-refractivity contribution in [1.29, 1.82) is 0 Å². The van der Waals surface area contributed by atoms with Crippen LogP contribution in [0.5, 0.6) is 0 Å². The van der Waals surface area contributed by atoms with Crippen LogP contribution >= 0.6 is 0 Å². The lowest BCUT2D eigenvalue weighted by atomic mass is 9.98. The van der Waals surface area contributed by atoms with Gasteiger partial charge in [0.1, 0.15) is 0 Å². The summed E-state index contributed by atoms with van der Waals surface area (Å²) in [5.74, 6) is -0.369. The smallest absolute Gasteiger partial charge is 0.321 e. The molecule has 1 amide bonds. The van der Waals surface area contributed by atoms with E-state index < -0.39 is 24.2 Å². The Bertz CT molecular complexity index is 699. The highest BCUT2D eigenvalue weighted by molar-refractivity contribution is 5.97. The van der Waals surface area contributed by atoms with Crippen molar-refractivity contribution in [2.24, 2.45) is 0 Å². The maximum atomic E-state index is 13.0. The Morgan fingerprint density at radius 3 is 2.09 bits per heavy atom. The number of amides is 1. The summed E-state index contributed by atoms with van der Waals surface area (Å²) in [6.07, 6.45) is -5.34. The molecule has 0 saturated carbocycles. The van der Waals surface area contributed by atoms with Gasteiger partial charge in [-0.1, -0.05) is 48.5 Å². The highest BCUT2D eigenvalue weighted by Crippen LogP contribution is 2.58. The lowest BCUT2D eigenvalue weighted by Crippen LogP contribution is -2.26. The summed E-state index contributed by atoms with van der Waals surface area (Å²) < 4.78 is 38.9. The molecule has 0 N–H and O–H groups in total. The average Bonchev–Trinajstić information content (AvgIpc) is 3.10. The van der Waals surface area contributed by atoms with E-state index in [1.165, 1.54) is 11.8 Å². The Balaban J connectivity index is 1.95. The van der Waals surface area contributed by atoms with Crippen molar-refractivity contribution in [3.05, 3.63) is 71.8 Å². The molecule has 1 aliphatic rings. The van der Waals surface area contributed by atoms with Gasteiger partial charge < -0.3 is 4.90 Å². The van der Waals surface area contributed by atoms with Crippen LogP contribution in [-0.2, 0) is 0 Å². The van der Waals surface area contributed by atoms with Gasteiger partial charge in [0.05, 0.1) is 18.0 Å². The van der Waals surface area contributed by atoms with Crippen LogP contribution in [-0.4, -0.2) is 22.5 Å². The number of carbonyl (C=O) groups excluding carboxylic acids is 1. The monoisotopic (exact) mass is 319 g/mol. The first-order valence-corrected chi connectivity index (χ1v) is 7.33. The molecule has 1 aliphatic heterocycles. The number of carbonyl (C=O) groups is 1.